The molecule has 0 N–H and O–H groups in total. The van der Waals surface area contributed by atoms with Gasteiger partial charge in [0.15, 0.2) is 0 Å². The molecule has 2 aromatic carbocycles. The van der Waals surface area contributed by atoms with Crippen LogP contribution >= 0.6 is 12.1 Å². The third kappa shape index (κ3) is 4.05. The van der Waals surface area contributed by atoms with Crippen molar-refractivity contribution < 1.29 is 0 Å². The van der Waals surface area contributed by atoms with Crippen LogP contribution in [0.3, 0.4) is 0 Å². The van der Waals surface area contributed by atoms with Gasteiger partial charge in [-0.25, -0.2) is 0 Å². The third-order valence-electron chi connectivity index (χ3n) is 4.51. The first-order chi connectivity index (χ1) is 10.8. The Morgan fingerprint density at radius 1 is 0.696 bits per heavy atom. The van der Waals surface area contributed by atoms with E-state index in [1.54, 1.807) is 0 Å². The summed E-state index contributed by atoms with van der Waals surface area (Å²) >= 11 is 12.7. The number of benzene rings is 2. The standard InChI is InChI=1S/C19H26P2S2/c1-16(2)20(22,17(3)4)15-21(23,18-11-7-5-8-12-18)19-13-9-6-10-14-19/h5-14,16-17H,15H2,1-4H3. The topological polar surface area (TPSA) is 0 Å². The van der Waals surface area contributed by atoms with Crippen molar-refractivity contribution in [2.75, 3.05) is 5.90 Å². The summed E-state index contributed by atoms with van der Waals surface area (Å²) in [6, 6.07) is 17.9. The van der Waals surface area contributed by atoms with Gasteiger partial charge in [-0.2, -0.15) is 0 Å². The van der Waals surface area contributed by atoms with Crippen molar-refractivity contribution in [3.63, 3.8) is 0 Å². The van der Waals surface area contributed by atoms with Gasteiger partial charge in [0.1, 0.15) is 0 Å². The predicted molar refractivity (Wildman–Crippen MR) is 116 cm³/mol. The molecule has 0 nitrogen and oxygen atoms in total. The van der Waals surface area contributed by atoms with Gasteiger partial charge in [-0.05, 0) is 28.0 Å². The van der Waals surface area contributed by atoms with Crippen LogP contribution in [0.15, 0.2) is 60.7 Å². The zero-order valence-electron chi connectivity index (χ0n) is 14.3. The van der Waals surface area contributed by atoms with E-state index >= 15 is 0 Å². The Bertz CT molecular complexity index is 666. The smallest absolute Gasteiger partial charge is 0.0154 e. The second-order valence-electron chi connectivity index (χ2n) is 6.59. The molecule has 2 rings (SSSR count). The lowest BCUT2D eigenvalue weighted by molar-refractivity contribution is 1.01. The van der Waals surface area contributed by atoms with Crippen molar-refractivity contribution >= 4 is 46.3 Å². The minimum absolute atomic E-state index is 0.534. The molecule has 0 heterocycles. The van der Waals surface area contributed by atoms with Crippen LogP contribution in [-0.2, 0) is 23.6 Å². The van der Waals surface area contributed by atoms with E-state index < -0.39 is 12.1 Å². The average molecular weight is 380 g/mol. The Hall–Kier alpha value is -0.260. The molecule has 0 unspecified atom stereocenters. The maximum Gasteiger partial charge on any atom is 0.0154 e. The molecule has 0 aromatic heterocycles. The Kier molecular flexibility index (Phi) is 6.42. The fraction of sp³-hybridized carbons (Fsp3) is 0.368. The van der Waals surface area contributed by atoms with Crippen molar-refractivity contribution in [1.82, 2.24) is 0 Å². The Labute approximate surface area is 151 Å². The highest BCUT2D eigenvalue weighted by atomic mass is 32.5. The van der Waals surface area contributed by atoms with Crippen LogP contribution in [0.2, 0.25) is 0 Å². The van der Waals surface area contributed by atoms with E-state index in [-0.39, 0.29) is 0 Å². The molecular weight excluding hydrogens is 354 g/mol. The van der Waals surface area contributed by atoms with Crippen molar-refractivity contribution in [1.29, 1.82) is 0 Å². The van der Waals surface area contributed by atoms with E-state index in [1.807, 2.05) is 0 Å². The zero-order valence-corrected chi connectivity index (χ0v) is 17.8. The molecule has 0 aliphatic carbocycles. The van der Waals surface area contributed by atoms with Crippen LogP contribution in [0.5, 0.6) is 0 Å². The summed E-state index contributed by atoms with van der Waals surface area (Å²) in [6.45, 7) is 9.15. The summed E-state index contributed by atoms with van der Waals surface area (Å²) in [7, 11) is 0. The van der Waals surface area contributed by atoms with Gasteiger partial charge in [0.05, 0.1) is 0 Å². The van der Waals surface area contributed by atoms with E-state index in [4.69, 9.17) is 23.6 Å². The largest absolute Gasteiger partial charge is 0.0965 e. The lowest BCUT2D eigenvalue weighted by Crippen LogP contribution is -2.22. The minimum atomic E-state index is -1.87. The van der Waals surface area contributed by atoms with Crippen molar-refractivity contribution in [2.24, 2.45) is 0 Å². The first-order valence-electron chi connectivity index (χ1n) is 8.09. The van der Waals surface area contributed by atoms with Gasteiger partial charge in [0.25, 0.3) is 0 Å². The molecule has 0 spiro atoms. The molecule has 0 aliphatic heterocycles. The highest BCUT2D eigenvalue weighted by Gasteiger charge is 2.34. The average Bonchev–Trinajstić information content (AvgIpc) is 2.56. The molecular formula is C19H26P2S2. The molecule has 0 saturated heterocycles. The zero-order chi connectivity index (χ0) is 17.1. The third-order valence-corrected chi connectivity index (χ3v) is 19.5. The van der Waals surface area contributed by atoms with E-state index in [2.05, 4.69) is 88.4 Å². The molecule has 0 radical (unpaired) electrons. The summed E-state index contributed by atoms with van der Waals surface area (Å²) in [4.78, 5) is 0. The van der Waals surface area contributed by atoms with E-state index in [9.17, 15) is 0 Å². The van der Waals surface area contributed by atoms with E-state index in [0.29, 0.717) is 11.3 Å². The monoisotopic (exact) mass is 380 g/mol. The summed E-state index contributed by atoms with van der Waals surface area (Å²) in [5.74, 6) is 1.01. The molecule has 0 bridgehead atoms. The summed E-state index contributed by atoms with van der Waals surface area (Å²) in [5.41, 5.74) is 1.07. The normalized spacial score (nSPS) is 12.8. The first-order valence-corrected chi connectivity index (χ1v) is 14.2. The van der Waals surface area contributed by atoms with Gasteiger partial charge in [-0.3, -0.25) is 0 Å². The van der Waals surface area contributed by atoms with Crippen molar-refractivity contribution in [2.45, 2.75) is 39.0 Å². The maximum absolute atomic E-state index is 6.39. The lowest BCUT2D eigenvalue weighted by Gasteiger charge is -2.36. The highest BCUT2D eigenvalue weighted by Crippen LogP contribution is 2.65. The van der Waals surface area contributed by atoms with E-state index in [0.717, 1.165) is 5.90 Å². The molecule has 0 amide bonds. The van der Waals surface area contributed by atoms with Crippen LogP contribution in [-0.4, -0.2) is 17.2 Å². The second kappa shape index (κ2) is 7.75. The van der Waals surface area contributed by atoms with Gasteiger partial charge in [0.2, 0.25) is 0 Å². The maximum atomic E-state index is 6.39. The molecule has 23 heavy (non-hydrogen) atoms. The molecule has 0 aliphatic rings. The fourth-order valence-corrected chi connectivity index (χ4v) is 16.8. The van der Waals surface area contributed by atoms with Crippen molar-refractivity contribution in [3.8, 4) is 0 Å². The van der Waals surface area contributed by atoms with Gasteiger partial charge in [-0.15, -0.1) is 0 Å². The second-order valence-corrected chi connectivity index (χ2v) is 17.9. The van der Waals surface area contributed by atoms with Gasteiger partial charge in [-0.1, -0.05) is 112 Å². The minimum Gasteiger partial charge on any atom is -0.0965 e. The Balaban J connectivity index is 2.61. The first kappa shape index (κ1) is 19.1. The molecule has 0 saturated carbocycles. The molecule has 124 valence electrons. The fourth-order valence-electron chi connectivity index (χ4n) is 2.88. The number of hydrogen-bond acceptors (Lipinski definition) is 2. The quantitative estimate of drug-likeness (QED) is 0.618. The molecule has 0 atom stereocenters. The number of hydrogen-bond donors (Lipinski definition) is 0. The van der Waals surface area contributed by atoms with Crippen LogP contribution in [0.1, 0.15) is 27.7 Å². The predicted octanol–water partition coefficient (Wildman–Crippen LogP) is 5.37. The number of rotatable bonds is 6. The summed E-state index contributed by atoms with van der Waals surface area (Å²) in [5, 5.41) is 2.61. The van der Waals surface area contributed by atoms with Crippen molar-refractivity contribution in [3.05, 3.63) is 60.7 Å². The van der Waals surface area contributed by atoms with Gasteiger partial charge in [0, 0.05) is 11.9 Å². The molecule has 0 fully saturated rings. The Morgan fingerprint density at radius 3 is 1.35 bits per heavy atom. The van der Waals surface area contributed by atoms with Gasteiger partial charge < -0.3 is 0 Å². The molecule has 4 heteroatoms. The SMILES string of the molecule is CC(C)P(=S)(CP(=S)(c1ccccc1)c1ccccc1)C(C)C. The van der Waals surface area contributed by atoms with Crippen LogP contribution in [0.25, 0.3) is 0 Å². The lowest BCUT2D eigenvalue weighted by atomic mass is 10.4. The molecule has 2 aromatic rings. The summed E-state index contributed by atoms with van der Waals surface area (Å²) in [6.07, 6.45) is 0. The Morgan fingerprint density at radius 2 is 1.04 bits per heavy atom. The highest BCUT2D eigenvalue weighted by molar-refractivity contribution is 8.29. The summed E-state index contributed by atoms with van der Waals surface area (Å²) < 4.78 is 0. The van der Waals surface area contributed by atoms with Gasteiger partial charge >= 0.3 is 0 Å². The van der Waals surface area contributed by atoms with Crippen LogP contribution in [0.4, 0.5) is 0 Å². The van der Waals surface area contributed by atoms with E-state index in [1.165, 1.54) is 10.6 Å². The van der Waals surface area contributed by atoms with Crippen LogP contribution in [0, 0.1) is 0 Å². The van der Waals surface area contributed by atoms with Crippen LogP contribution < -0.4 is 10.6 Å².